The molecule has 1 saturated heterocycles. The number of barbiturate groups is 1. The third-order valence-electron chi connectivity index (χ3n) is 3.29. The highest BCUT2D eigenvalue weighted by molar-refractivity contribution is 8.22. The van der Waals surface area contributed by atoms with E-state index >= 15 is 0 Å². The minimum atomic E-state index is -1.20. The molecule has 0 bridgehead atoms. The normalized spacial score (nSPS) is 17.1. The molecule has 0 aromatic rings. The average Bonchev–Trinajstić information content (AvgIpc) is 2.41. The highest BCUT2D eigenvalue weighted by atomic mass is 32.2. The third-order valence-corrected chi connectivity index (χ3v) is 4.52. The van der Waals surface area contributed by atoms with Gasteiger partial charge in [0.15, 0.2) is 0 Å². The lowest BCUT2D eigenvalue weighted by atomic mass is 9.77. The largest absolute Gasteiger partial charge is 0.479 e. The molecule has 1 fully saturated rings. The van der Waals surface area contributed by atoms with Crippen LogP contribution in [-0.4, -0.2) is 34.6 Å². The fourth-order valence-electron chi connectivity index (χ4n) is 2.11. The predicted molar refractivity (Wildman–Crippen MR) is 84.9 cm³/mol. The highest BCUT2D eigenvalue weighted by Gasteiger charge is 2.49. The molecule has 1 heterocycles. The van der Waals surface area contributed by atoms with Crippen molar-refractivity contribution in [3.8, 4) is 0 Å². The fourth-order valence-corrected chi connectivity index (χ4v) is 3.29. The molecule has 2 N–H and O–H groups in total. The van der Waals surface area contributed by atoms with Gasteiger partial charge in [-0.1, -0.05) is 31.5 Å². The van der Waals surface area contributed by atoms with Crippen molar-refractivity contribution in [3.05, 3.63) is 0 Å². The van der Waals surface area contributed by atoms with E-state index < -0.39 is 23.3 Å². The number of thioether (sulfide) groups is 1. The maximum atomic E-state index is 12.2. The summed E-state index contributed by atoms with van der Waals surface area (Å²) >= 11 is 6.30. The van der Waals surface area contributed by atoms with Crippen molar-refractivity contribution < 1.29 is 19.1 Å². The van der Waals surface area contributed by atoms with Crippen molar-refractivity contribution in [1.29, 1.82) is 0 Å². The number of carbonyl (C=O) groups excluding carboxylic acids is 3. The molecule has 0 aromatic carbocycles. The van der Waals surface area contributed by atoms with E-state index in [0.29, 0.717) is 29.6 Å². The topological polar surface area (TPSA) is 84.5 Å². The Bertz CT molecular complexity index is 420. The Morgan fingerprint density at radius 1 is 1.19 bits per heavy atom. The number of hydrogen-bond acceptors (Lipinski definition) is 6. The Morgan fingerprint density at radius 3 is 2.33 bits per heavy atom. The second kappa shape index (κ2) is 8.33. The zero-order valence-electron chi connectivity index (χ0n) is 12.2. The van der Waals surface area contributed by atoms with E-state index in [1.165, 1.54) is 11.8 Å². The minimum Gasteiger partial charge on any atom is -0.479 e. The number of unbranched alkanes of at least 4 members (excludes halogenated alkanes) is 1. The summed E-state index contributed by atoms with van der Waals surface area (Å²) in [6, 6.07) is -0.755. The van der Waals surface area contributed by atoms with Crippen molar-refractivity contribution in [3.63, 3.8) is 0 Å². The molecule has 0 spiro atoms. The van der Waals surface area contributed by atoms with Gasteiger partial charge in [0.2, 0.25) is 16.2 Å². The highest BCUT2D eigenvalue weighted by Crippen LogP contribution is 2.33. The molecule has 0 saturated carbocycles. The molecule has 118 valence electrons. The van der Waals surface area contributed by atoms with Crippen molar-refractivity contribution in [2.24, 2.45) is 5.41 Å². The van der Waals surface area contributed by atoms with Crippen molar-refractivity contribution >= 4 is 46.2 Å². The van der Waals surface area contributed by atoms with Gasteiger partial charge in [0.1, 0.15) is 5.41 Å². The first-order chi connectivity index (χ1) is 9.96. The van der Waals surface area contributed by atoms with Crippen LogP contribution < -0.4 is 10.6 Å². The van der Waals surface area contributed by atoms with Crippen LogP contribution in [0.3, 0.4) is 0 Å². The molecule has 0 aliphatic carbocycles. The number of imide groups is 2. The van der Waals surface area contributed by atoms with Gasteiger partial charge in [0, 0.05) is 5.75 Å². The summed E-state index contributed by atoms with van der Waals surface area (Å²) in [4.78, 5) is 35.6. The summed E-state index contributed by atoms with van der Waals surface area (Å²) in [5, 5.41) is 4.38. The molecule has 0 unspecified atom stereocenters. The van der Waals surface area contributed by atoms with Gasteiger partial charge in [-0.05, 0) is 32.0 Å². The van der Waals surface area contributed by atoms with Gasteiger partial charge in [-0.25, -0.2) is 4.79 Å². The van der Waals surface area contributed by atoms with Gasteiger partial charge in [-0.3, -0.25) is 20.2 Å². The standard InChI is InChI=1S/C13H20N2O4S2/c1-3-5-6-13(7-8-21-12(20)19-4-2)9(16)14-11(18)15-10(13)17/h3-8H2,1-2H3,(H2,14,15,16,17,18). The van der Waals surface area contributed by atoms with Crippen molar-refractivity contribution in [2.45, 2.75) is 39.5 Å². The van der Waals surface area contributed by atoms with Crippen LogP contribution >= 0.6 is 24.0 Å². The van der Waals surface area contributed by atoms with E-state index in [1.54, 1.807) is 0 Å². The van der Waals surface area contributed by atoms with Crippen LogP contribution in [0.2, 0.25) is 0 Å². The number of urea groups is 1. The van der Waals surface area contributed by atoms with Crippen LogP contribution in [0.1, 0.15) is 39.5 Å². The second-order valence-corrected chi connectivity index (χ2v) is 6.40. The summed E-state index contributed by atoms with van der Waals surface area (Å²) in [5.41, 5.74) is -1.20. The Labute approximate surface area is 133 Å². The minimum absolute atomic E-state index is 0.315. The Morgan fingerprint density at radius 2 is 1.81 bits per heavy atom. The fraction of sp³-hybridized carbons (Fsp3) is 0.692. The van der Waals surface area contributed by atoms with Gasteiger partial charge in [-0.2, -0.15) is 0 Å². The van der Waals surface area contributed by atoms with Crippen LogP contribution in [0.15, 0.2) is 0 Å². The smallest absolute Gasteiger partial charge is 0.328 e. The van der Waals surface area contributed by atoms with Crippen LogP contribution in [0, 0.1) is 5.41 Å². The first-order valence-corrected chi connectivity index (χ1v) is 8.32. The molecule has 4 amide bonds. The van der Waals surface area contributed by atoms with Crippen LogP contribution in [0.25, 0.3) is 0 Å². The molecular formula is C13H20N2O4S2. The zero-order chi connectivity index (χ0) is 15.9. The number of rotatable bonds is 7. The Kier molecular flexibility index (Phi) is 7.10. The first kappa shape index (κ1) is 17.9. The van der Waals surface area contributed by atoms with E-state index in [1.807, 2.05) is 13.8 Å². The quantitative estimate of drug-likeness (QED) is 0.548. The van der Waals surface area contributed by atoms with Crippen molar-refractivity contribution in [1.82, 2.24) is 10.6 Å². The number of hydrogen-bond donors (Lipinski definition) is 2. The van der Waals surface area contributed by atoms with E-state index in [-0.39, 0.29) is 0 Å². The number of ether oxygens (including phenoxy) is 1. The number of thiocarbonyl (C=S) groups is 1. The maximum Gasteiger partial charge on any atom is 0.328 e. The van der Waals surface area contributed by atoms with E-state index in [0.717, 1.165) is 12.8 Å². The molecule has 1 aliphatic heterocycles. The van der Waals surface area contributed by atoms with Crippen molar-refractivity contribution in [2.75, 3.05) is 12.4 Å². The number of carbonyl (C=O) groups is 3. The summed E-state index contributed by atoms with van der Waals surface area (Å²) in [6.07, 6.45) is 2.32. The molecule has 21 heavy (non-hydrogen) atoms. The molecule has 1 aliphatic rings. The predicted octanol–water partition coefficient (Wildman–Crippen LogP) is 1.97. The SMILES string of the molecule is CCCCC1(CCSC(=S)OCC)C(=O)NC(=O)NC1=O. The number of amides is 4. The molecule has 8 heteroatoms. The Hall–Kier alpha value is -1.15. The molecule has 0 atom stereocenters. The summed E-state index contributed by atoms with van der Waals surface area (Å²) < 4.78 is 5.55. The maximum absolute atomic E-state index is 12.2. The molecule has 6 nitrogen and oxygen atoms in total. The lowest BCUT2D eigenvalue weighted by Crippen LogP contribution is -2.62. The summed E-state index contributed by atoms with van der Waals surface area (Å²) in [6.45, 7) is 4.31. The third kappa shape index (κ3) is 4.67. The van der Waals surface area contributed by atoms with Gasteiger partial charge < -0.3 is 4.74 Å². The number of nitrogens with one attached hydrogen (secondary N) is 2. The van der Waals surface area contributed by atoms with E-state index in [2.05, 4.69) is 10.6 Å². The van der Waals surface area contributed by atoms with E-state index in [4.69, 9.17) is 17.0 Å². The van der Waals surface area contributed by atoms with Crippen LogP contribution in [-0.2, 0) is 14.3 Å². The lowest BCUT2D eigenvalue weighted by molar-refractivity contribution is -0.145. The molecule has 0 radical (unpaired) electrons. The molecule has 0 aromatic heterocycles. The van der Waals surface area contributed by atoms with Gasteiger partial charge in [0.05, 0.1) is 6.61 Å². The molecular weight excluding hydrogens is 312 g/mol. The van der Waals surface area contributed by atoms with Crippen LogP contribution in [0.5, 0.6) is 0 Å². The first-order valence-electron chi connectivity index (χ1n) is 6.92. The monoisotopic (exact) mass is 332 g/mol. The molecule has 1 rings (SSSR count). The summed E-state index contributed by atoms with van der Waals surface area (Å²) in [7, 11) is 0. The zero-order valence-corrected chi connectivity index (χ0v) is 13.8. The van der Waals surface area contributed by atoms with Gasteiger partial charge >= 0.3 is 6.03 Å². The average molecular weight is 332 g/mol. The Balaban J connectivity index is 2.74. The second-order valence-electron chi connectivity index (χ2n) is 4.70. The van der Waals surface area contributed by atoms with Gasteiger partial charge in [-0.15, -0.1) is 0 Å². The van der Waals surface area contributed by atoms with Gasteiger partial charge in [0.25, 0.3) is 0 Å². The van der Waals surface area contributed by atoms with E-state index in [9.17, 15) is 14.4 Å². The van der Waals surface area contributed by atoms with Crippen LogP contribution in [0.4, 0.5) is 4.79 Å². The summed E-state index contributed by atoms with van der Waals surface area (Å²) in [5.74, 6) is -0.558. The lowest BCUT2D eigenvalue weighted by Gasteiger charge is -2.33.